The first-order chi connectivity index (χ1) is 6.35. The van der Waals surface area contributed by atoms with E-state index in [1.54, 1.807) is 0 Å². The van der Waals surface area contributed by atoms with E-state index in [1.165, 1.54) is 12.8 Å². The molecule has 0 heterocycles. The fourth-order valence-corrected chi connectivity index (χ4v) is 1.44. The molecule has 0 aromatic rings. The quantitative estimate of drug-likeness (QED) is 0.461. The molecule has 0 N–H and O–H groups in total. The molecule has 0 spiro atoms. The summed E-state index contributed by atoms with van der Waals surface area (Å²) in [4.78, 5) is 0. The van der Waals surface area contributed by atoms with Crippen LogP contribution in [0.3, 0.4) is 0 Å². The Balaban J connectivity index is 3.17. The molecule has 0 radical (unpaired) electrons. The number of ether oxygens (including phenoxy) is 2. The molecule has 0 amide bonds. The Labute approximate surface area is 87.4 Å². The molecular formula is C10H22O2S. The van der Waals surface area contributed by atoms with Crippen LogP contribution in [0.25, 0.3) is 0 Å². The maximum Gasteiger partial charge on any atom is 0.0700 e. The van der Waals surface area contributed by atoms with Gasteiger partial charge in [0.15, 0.2) is 0 Å². The Morgan fingerprint density at radius 1 is 1.15 bits per heavy atom. The Hall–Kier alpha value is 0.270. The minimum absolute atomic E-state index is 0.606. The molecule has 0 aliphatic heterocycles. The second-order valence-corrected chi connectivity index (χ2v) is 3.47. The van der Waals surface area contributed by atoms with E-state index >= 15 is 0 Å². The Morgan fingerprint density at radius 2 is 1.85 bits per heavy atom. The SMILES string of the molecule is CCCC(CS)COCCOCC. The van der Waals surface area contributed by atoms with Crippen LogP contribution in [-0.4, -0.2) is 32.2 Å². The van der Waals surface area contributed by atoms with Crippen molar-refractivity contribution in [3.63, 3.8) is 0 Å². The van der Waals surface area contributed by atoms with Gasteiger partial charge < -0.3 is 9.47 Å². The molecule has 0 aromatic carbocycles. The van der Waals surface area contributed by atoms with Gasteiger partial charge in [0.2, 0.25) is 0 Å². The summed E-state index contributed by atoms with van der Waals surface area (Å²) in [7, 11) is 0. The fraction of sp³-hybridized carbons (Fsp3) is 1.00. The van der Waals surface area contributed by atoms with Crippen LogP contribution < -0.4 is 0 Å². The minimum atomic E-state index is 0.606. The lowest BCUT2D eigenvalue weighted by Crippen LogP contribution is -2.14. The molecule has 0 saturated carbocycles. The summed E-state index contributed by atoms with van der Waals surface area (Å²) < 4.78 is 10.6. The van der Waals surface area contributed by atoms with Crippen molar-refractivity contribution in [3.8, 4) is 0 Å². The summed E-state index contributed by atoms with van der Waals surface area (Å²) in [6.45, 7) is 7.20. The van der Waals surface area contributed by atoms with Gasteiger partial charge in [-0.05, 0) is 25.0 Å². The Bertz CT molecular complexity index is 98.9. The highest BCUT2D eigenvalue weighted by Gasteiger charge is 2.04. The predicted octanol–water partition coefficient (Wildman–Crippen LogP) is 2.39. The maximum atomic E-state index is 5.47. The van der Waals surface area contributed by atoms with Gasteiger partial charge in [-0.2, -0.15) is 12.6 Å². The van der Waals surface area contributed by atoms with Crippen LogP contribution >= 0.6 is 12.6 Å². The third-order valence-electron chi connectivity index (χ3n) is 1.88. The third-order valence-corrected chi connectivity index (χ3v) is 2.40. The summed E-state index contributed by atoms with van der Waals surface area (Å²) in [6, 6.07) is 0. The third kappa shape index (κ3) is 8.60. The van der Waals surface area contributed by atoms with E-state index < -0.39 is 0 Å². The number of hydrogen-bond donors (Lipinski definition) is 1. The Morgan fingerprint density at radius 3 is 2.38 bits per heavy atom. The van der Waals surface area contributed by atoms with Crippen molar-refractivity contribution in [2.24, 2.45) is 5.92 Å². The van der Waals surface area contributed by atoms with Gasteiger partial charge in [-0.15, -0.1) is 0 Å². The molecule has 0 rings (SSSR count). The zero-order valence-electron chi connectivity index (χ0n) is 8.79. The highest BCUT2D eigenvalue weighted by atomic mass is 32.1. The van der Waals surface area contributed by atoms with Crippen molar-refractivity contribution >= 4 is 12.6 Å². The van der Waals surface area contributed by atoms with E-state index in [9.17, 15) is 0 Å². The van der Waals surface area contributed by atoms with E-state index in [4.69, 9.17) is 9.47 Å². The molecule has 0 saturated heterocycles. The molecule has 0 aromatic heterocycles. The van der Waals surface area contributed by atoms with Gasteiger partial charge in [0.25, 0.3) is 0 Å². The molecule has 80 valence electrons. The van der Waals surface area contributed by atoms with Crippen molar-refractivity contribution < 1.29 is 9.47 Å². The standard InChI is InChI=1S/C10H22O2S/c1-3-5-10(9-13)8-12-7-6-11-4-2/h10,13H,3-9H2,1-2H3. The van der Waals surface area contributed by atoms with Crippen LogP contribution in [-0.2, 0) is 9.47 Å². The van der Waals surface area contributed by atoms with Gasteiger partial charge >= 0.3 is 0 Å². The van der Waals surface area contributed by atoms with Crippen molar-refractivity contribution in [2.75, 3.05) is 32.2 Å². The normalized spacial score (nSPS) is 13.2. The summed E-state index contributed by atoms with van der Waals surface area (Å²) >= 11 is 4.28. The molecule has 1 atom stereocenters. The number of rotatable bonds is 9. The first-order valence-corrected chi connectivity index (χ1v) is 5.74. The Kier molecular flexibility index (Phi) is 10.6. The molecule has 1 unspecified atom stereocenters. The van der Waals surface area contributed by atoms with Crippen molar-refractivity contribution in [2.45, 2.75) is 26.7 Å². The summed E-state index contributed by atoms with van der Waals surface area (Å²) in [5, 5.41) is 0. The van der Waals surface area contributed by atoms with Gasteiger partial charge in [-0.1, -0.05) is 13.3 Å². The highest BCUT2D eigenvalue weighted by Crippen LogP contribution is 2.08. The average Bonchev–Trinajstić information content (AvgIpc) is 2.16. The van der Waals surface area contributed by atoms with Gasteiger partial charge in [0, 0.05) is 6.61 Å². The van der Waals surface area contributed by atoms with Gasteiger partial charge in [-0.25, -0.2) is 0 Å². The monoisotopic (exact) mass is 206 g/mol. The zero-order chi connectivity index (χ0) is 9.94. The van der Waals surface area contributed by atoms with Crippen LogP contribution in [0.15, 0.2) is 0 Å². The van der Waals surface area contributed by atoms with E-state index in [0.717, 1.165) is 19.0 Å². The van der Waals surface area contributed by atoms with Crippen LogP contribution in [0.4, 0.5) is 0 Å². The van der Waals surface area contributed by atoms with E-state index in [2.05, 4.69) is 19.6 Å². The molecule has 3 heteroatoms. The largest absolute Gasteiger partial charge is 0.379 e. The minimum Gasteiger partial charge on any atom is -0.379 e. The van der Waals surface area contributed by atoms with Crippen molar-refractivity contribution in [1.29, 1.82) is 0 Å². The van der Waals surface area contributed by atoms with Gasteiger partial charge in [-0.3, -0.25) is 0 Å². The molecule has 0 fully saturated rings. The summed E-state index contributed by atoms with van der Waals surface area (Å²) in [6.07, 6.45) is 2.41. The molecule has 13 heavy (non-hydrogen) atoms. The van der Waals surface area contributed by atoms with E-state index in [0.29, 0.717) is 19.1 Å². The average molecular weight is 206 g/mol. The fourth-order valence-electron chi connectivity index (χ4n) is 1.15. The van der Waals surface area contributed by atoms with Crippen LogP contribution in [0.1, 0.15) is 26.7 Å². The lowest BCUT2D eigenvalue weighted by molar-refractivity contribution is 0.0393. The molecule has 2 nitrogen and oxygen atoms in total. The molecular weight excluding hydrogens is 184 g/mol. The van der Waals surface area contributed by atoms with Crippen LogP contribution in [0, 0.1) is 5.92 Å². The highest BCUT2D eigenvalue weighted by molar-refractivity contribution is 7.80. The molecule has 0 bridgehead atoms. The first kappa shape index (κ1) is 13.3. The second-order valence-electron chi connectivity index (χ2n) is 3.11. The zero-order valence-corrected chi connectivity index (χ0v) is 9.69. The van der Waals surface area contributed by atoms with Crippen molar-refractivity contribution in [1.82, 2.24) is 0 Å². The van der Waals surface area contributed by atoms with Gasteiger partial charge in [0.1, 0.15) is 0 Å². The van der Waals surface area contributed by atoms with Crippen LogP contribution in [0.5, 0.6) is 0 Å². The summed E-state index contributed by atoms with van der Waals surface area (Å²) in [5.74, 6) is 1.53. The lowest BCUT2D eigenvalue weighted by atomic mass is 10.1. The number of thiol groups is 1. The van der Waals surface area contributed by atoms with Crippen LogP contribution in [0.2, 0.25) is 0 Å². The number of hydrogen-bond acceptors (Lipinski definition) is 3. The second kappa shape index (κ2) is 10.4. The summed E-state index contributed by atoms with van der Waals surface area (Å²) in [5.41, 5.74) is 0. The topological polar surface area (TPSA) is 18.5 Å². The maximum absolute atomic E-state index is 5.47. The van der Waals surface area contributed by atoms with Gasteiger partial charge in [0.05, 0.1) is 19.8 Å². The predicted molar refractivity (Wildman–Crippen MR) is 59.6 cm³/mol. The van der Waals surface area contributed by atoms with E-state index in [-0.39, 0.29) is 0 Å². The smallest absolute Gasteiger partial charge is 0.0700 e. The molecule has 0 aliphatic carbocycles. The molecule has 0 aliphatic rings. The first-order valence-electron chi connectivity index (χ1n) is 5.11. The van der Waals surface area contributed by atoms with E-state index in [1.807, 2.05) is 6.92 Å². The van der Waals surface area contributed by atoms with Crippen molar-refractivity contribution in [3.05, 3.63) is 0 Å². The lowest BCUT2D eigenvalue weighted by Gasteiger charge is -2.13.